The molecule has 168 valence electrons. The van der Waals surface area contributed by atoms with Gasteiger partial charge in [-0.3, -0.25) is 0 Å². The Morgan fingerprint density at radius 3 is 2.15 bits per heavy atom. The SMILES string of the molecule is CN(C)Cc1ccc(-c2c(C#Cc3ccccc3)cccc2C(=O)OC(=O)C(F)(F)F)cc1. The summed E-state index contributed by atoms with van der Waals surface area (Å²) in [6.07, 6.45) is -5.28. The van der Waals surface area contributed by atoms with Crippen LogP contribution in [0.5, 0.6) is 0 Å². The second-order valence-electron chi connectivity index (χ2n) is 7.45. The molecule has 3 aromatic rings. The lowest BCUT2D eigenvalue weighted by atomic mass is 9.93. The maximum atomic E-state index is 12.6. The highest BCUT2D eigenvalue weighted by atomic mass is 19.4. The van der Waals surface area contributed by atoms with Crippen LogP contribution in [0.3, 0.4) is 0 Å². The number of esters is 2. The van der Waals surface area contributed by atoms with Crippen molar-refractivity contribution in [2.45, 2.75) is 12.7 Å². The fourth-order valence-electron chi connectivity index (χ4n) is 3.14. The molecule has 0 radical (unpaired) electrons. The molecular weight excluding hydrogens is 431 g/mol. The quantitative estimate of drug-likeness (QED) is 0.316. The Balaban J connectivity index is 2.09. The molecule has 0 heterocycles. The highest BCUT2D eigenvalue weighted by molar-refractivity contribution is 6.04. The fourth-order valence-corrected chi connectivity index (χ4v) is 3.14. The molecule has 0 aliphatic rings. The smallest absolute Gasteiger partial charge is 0.383 e. The number of hydrogen-bond acceptors (Lipinski definition) is 4. The number of ether oxygens (including phenoxy) is 1. The van der Waals surface area contributed by atoms with Crippen molar-refractivity contribution >= 4 is 11.9 Å². The second kappa shape index (κ2) is 10.2. The minimum Gasteiger partial charge on any atom is -0.383 e. The molecule has 0 spiro atoms. The van der Waals surface area contributed by atoms with Gasteiger partial charge >= 0.3 is 18.1 Å². The second-order valence-corrected chi connectivity index (χ2v) is 7.45. The summed E-state index contributed by atoms with van der Waals surface area (Å²) in [7, 11) is 3.85. The highest BCUT2D eigenvalue weighted by Gasteiger charge is 2.42. The van der Waals surface area contributed by atoms with Gasteiger partial charge in [0.15, 0.2) is 0 Å². The number of hydrogen-bond donors (Lipinski definition) is 0. The Morgan fingerprint density at radius 1 is 0.879 bits per heavy atom. The van der Waals surface area contributed by atoms with Gasteiger partial charge in [0, 0.05) is 23.2 Å². The van der Waals surface area contributed by atoms with E-state index in [0.717, 1.165) is 11.1 Å². The van der Waals surface area contributed by atoms with Crippen LogP contribution < -0.4 is 0 Å². The third-order valence-corrected chi connectivity index (χ3v) is 4.56. The van der Waals surface area contributed by atoms with E-state index < -0.39 is 18.1 Å². The van der Waals surface area contributed by atoms with Gasteiger partial charge in [-0.25, -0.2) is 9.59 Å². The third-order valence-electron chi connectivity index (χ3n) is 4.56. The molecule has 0 amide bonds. The van der Waals surface area contributed by atoms with Gasteiger partial charge in [0.1, 0.15) is 0 Å². The molecule has 0 aliphatic heterocycles. The standard InChI is InChI=1S/C26H20F3NO3/c1-30(2)17-19-12-15-21(16-13-19)23-20(14-11-18-7-4-3-5-8-18)9-6-10-22(23)24(31)33-25(32)26(27,28)29/h3-10,12-13,15-16H,17H2,1-2H3. The number of rotatable bonds is 4. The molecule has 0 bridgehead atoms. The molecule has 0 atom stereocenters. The maximum Gasteiger partial charge on any atom is 0.491 e. The van der Waals surface area contributed by atoms with Gasteiger partial charge in [-0.15, -0.1) is 0 Å². The van der Waals surface area contributed by atoms with Crippen LogP contribution in [0.15, 0.2) is 72.8 Å². The van der Waals surface area contributed by atoms with E-state index in [-0.39, 0.29) is 11.1 Å². The highest BCUT2D eigenvalue weighted by Crippen LogP contribution is 2.30. The Bertz CT molecular complexity index is 1210. The van der Waals surface area contributed by atoms with Gasteiger partial charge in [-0.1, -0.05) is 60.4 Å². The number of benzene rings is 3. The van der Waals surface area contributed by atoms with Crippen LogP contribution in [0.25, 0.3) is 11.1 Å². The first kappa shape index (κ1) is 23.8. The maximum absolute atomic E-state index is 12.6. The van der Waals surface area contributed by atoms with E-state index in [9.17, 15) is 22.8 Å². The average Bonchev–Trinajstić information content (AvgIpc) is 2.77. The Hall–Kier alpha value is -3.89. The van der Waals surface area contributed by atoms with Crippen LogP contribution in [0, 0.1) is 11.8 Å². The molecule has 0 saturated carbocycles. The molecule has 0 unspecified atom stereocenters. The van der Waals surface area contributed by atoms with E-state index in [1.54, 1.807) is 18.2 Å². The first-order valence-corrected chi connectivity index (χ1v) is 9.92. The number of carbonyl (C=O) groups is 2. The topological polar surface area (TPSA) is 46.6 Å². The molecule has 7 heteroatoms. The van der Waals surface area contributed by atoms with Gasteiger partial charge in [-0.05, 0) is 49.5 Å². The molecule has 0 aromatic heterocycles. The molecule has 0 aliphatic carbocycles. The van der Waals surface area contributed by atoms with Crippen molar-refractivity contribution in [1.29, 1.82) is 0 Å². The van der Waals surface area contributed by atoms with Crippen molar-refractivity contribution in [2.75, 3.05) is 14.1 Å². The van der Waals surface area contributed by atoms with Gasteiger partial charge in [0.2, 0.25) is 0 Å². The summed E-state index contributed by atoms with van der Waals surface area (Å²) < 4.78 is 42.0. The van der Waals surface area contributed by atoms with Crippen molar-refractivity contribution in [3.05, 3.63) is 95.1 Å². The van der Waals surface area contributed by atoms with Crippen molar-refractivity contribution in [3.63, 3.8) is 0 Å². The van der Waals surface area contributed by atoms with E-state index >= 15 is 0 Å². The summed E-state index contributed by atoms with van der Waals surface area (Å²) in [6.45, 7) is 0.685. The Kier molecular flexibility index (Phi) is 7.31. The molecule has 3 rings (SSSR count). The van der Waals surface area contributed by atoms with Crippen molar-refractivity contribution < 1.29 is 27.5 Å². The van der Waals surface area contributed by atoms with Crippen molar-refractivity contribution in [1.82, 2.24) is 4.90 Å². The zero-order valence-electron chi connectivity index (χ0n) is 17.9. The van der Waals surface area contributed by atoms with Crippen LogP contribution in [0.2, 0.25) is 0 Å². The predicted molar refractivity (Wildman–Crippen MR) is 118 cm³/mol. The summed E-state index contributed by atoms with van der Waals surface area (Å²) in [6, 6.07) is 20.8. The third kappa shape index (κ3) is 6.31. The van der Waals surface area contributed by atoms with Crippen molar-refractivity contribution in [2.24, 2.45) is 0 Å². The lowest BCUT2D eigenvalue weighted by molar-refractivity contribution is -0.193. The summed E-state index contributed by atoms with van der Waals surface area (Å²) >= 11 is 0. The van der Waals surface area contributed by atoms with E-state index in [2.05, 4.69) is 16.6 Å². The fraction of sp³-hybridized carbons (Fsp3) is 0.154. The molecule has 3 aromatic carbocycles. The molecule has 0 saturated heterocycles. The van der Waals surface area contributed by atoms with E-state index in [1.165, 1.54) is 12.1 Å². The number of halogens is 3. The summed E-state index contributed by atoms with van der Waals surface area (Å²) in [4.78, 5) is 25.8. The normalized spacial score (nSPS) is 11.0. The molecule has 33 heavy (non-hydrogen) atoms. The molecular formula is C26H20F3NO3. The van der Waals surface area contributed by atoms with Gasteiger partial charge in [0.05, 0.1) is 5.56 Å². The monoisotopic (exact) mass is 451 g/mol. The molecule has 0 fully saturated rings. The number of nitrogens with zero attached hydrogens (tertiary/aromatic N) is 1. The average molecular weight is 451 g/mol. The Labute approximate surface area is 189 Å². The Morgan fingerprint density at radius 2 is 1.55 bits per heavy atom. The largest absolute Gasteiger partial charge is 0.491 e. The lowest BCUT2D eigenvalue weighted by Gasteiger charge is -2.14. The van der Waals surface area contributed by atoms with Gasteiger partial charge in [-0.2, -0.15) is 13.2 Å². The van der Waals surface area contributed by atoms with Crippen LogP contribution in [-0.4, -0.2) is 37.1 Å². The summed E-state index contributed by atoms with van der Waals surface area (Å²) in [5, 5.41) is 0. The predicted octanol–water partition coefficient (Wildman–Crippen LogP) is 5.06. The van der Waals surface area contributed by atoms with Crippen molar-refractivity contribution in [3.8, 4) is 23.0 Å². The number of carbonyl (C=O) groups excluding carboxylic acids is 2. The van der Waals surface area contributed by atoms with Crippen LogP contribution in [0.4, 0.5) is 13.2 Å². The first-order valence-electron chi connectivity index (χ1n) is 9.92. The minimum atomic E-state index is -5.28. The van der Waals surface area contributed by atoms with Gasteiger partial charge in [0.25, 0.3) is 0 Å². The first-order chi connectivity index (χ1) is 15.6. The van der Waals surface area contributed by atoms with E-state index in [0.29, 0.717) is 17.7 Å². The molecule has 4 nitrogen and oxygen atoms in total. The zero-order chi connectivity index (χ0) is 24.0. The van der Waals surface area contributed by atoms with E-state index in [4.69, 9.17) is 0 Å². The lowest BCUT2D eigenvalue weighted by Crippen LogP contribution is -2.28. The van der Waals surface area contributed by atoms with Crippen LogP contribution in [0.1, 0.15) is 27.0 Å². The summed E-state index contributed by atoms with van der Waals surface area (Å²) in [5.74, 6) is 2.00. The zero-order valence-corrected chi connectivity index (χ0v) is 17.9. The number of alkyl halides is 3. The van der Waals surface area contributed by atoms with E-state index in [1.807, 2.05) is 61.5 Å². The van der Waals surface area contributed by atoms with Gasteiger partial charge < -0.3 is 9.64 Å². The van der Waals surface area contributed by atoms with Crippen LogP contribution in [-0.2, 0) is 16.1 Å². The summed E-state index contributed by atoms with van der Waals surface area (Å²) in [5.41, 5.74) is 2.80. The van der Waals surface area contributed by atoms with Crippen LogP contribution >= 0.6 is 0 Å². The molecule has 0 N–H and O–H groups in total. The minimum absolute atomic E-state index is 0.187.